The number of nitrogens with one attached hydrogen (secondary N) is 1. The maximum Gasteiger partial charge on any atom is 0.328 e. The standard InChI is InChI=1S/C11H11NO2.ClH/c1-9(7-11(13)14)4-5-10-3-2-6-12-8-10;/h2-8H,1H3,(H,13,14);1H. The molecule has 1 aromatic heterocycles. The predicted molar refractivity (Wildman–Crippen MR) is 53.4 cm³/mol. The Morgan fingerprint density at radius 1 is 1.53 bits per heavy atom. The molecule has 2 N–H and O–H groups in total. The summed E-state index contributed by atoms with van der Waals surface area (Å²) in [7, 11) is 0. The van der Waals surface area contributed by atoms with Gasteiger partial charge in [-0.05, 0) is 24.6 Å². The summed E-state index contributed by atoms with van der Waals surface area (Å²) in [4.78, 5) is 13.2. The van der Waals surface area contributed by atoms with Crippen LogP contribution in [0.5, 0.6) is 0 Å². The topological polar surface area (TPSA) is 51.4 Å². The lowest BCUT2D eigenvalue weighted by Crippen LogP contribution is -3.00. The number of halogens is 1. The Morgan fingerprint density at radius 3 is 2.80 bits per heavy atom. The van der Waals surface area contributed by atoms with Crippen molar-refractivity contribution in [3.8, 4) is 0 Å². The van der Waals surface area contributed by atoms with Gasteiger partial charge in [-0.15, -0.1) is 0 Å². The average Bonchev–Trinajstić information content (AvgIpc) is 2.15. The lowest BCUT2D eigenvalue weighted by molar-refractivity contribution is -0.378. The first-order valence-electron chi connectivity index (χ1n) is 4.24. The van der Waals surface area contributed by atoms with Crippen LogP contribution in [0.15, 0.2) is 42.3 Å². The van der Waals surface area contributed by atoms with Crippen molar-refractivity contribution < 1.29 is 27.3 Å². The summed E-state index contributed by atoms with van der Waals surface area (Å²) in [6, 6.07) is 3.82. The molecule has 4 heteroatoms. The van der Waals surface area contributed by atoms with Crippen molar-refractivity contribution >= 4 is 12.0 Å². The fourth-order valence-corrected chi connectivity index (χ4v) is 0.981. The molecule has 15 heavy (non-hydrogen) atoms. The minimum atomic E-state index is -0.924. The van der Waals surface area contributed by atoms with Gasteiger partial charge in [0.1, 0.15) is 0 Å². The molecule has 0 atom stereocenters. The van der Waals surface area contributed by atoms with E-state index in [0.29, 0.717) is 5.57 Å². The molecule has 0 saturated carbocycles. The number of hydrogen-bond acceptors (Lipinski definition) is 1. The number of carbonyl (C=O) groups is 1. The van der Waals surface area contributed by atoms with Gasteiger partial charge in [0.25, 0.3) is 0 Å². The number of pyridine rings is 1. The van der Waals surface area contributed by atoms with E-state index in [1.165, 1.54) is 6.08 Å². The van der Waals surface area contributed by atoms with Gasteiger partial charge in [-0.2, -0.15) is 0 Å². The molecule has 0 saturated heterocycles. The van der Waals surface area contributed by atoms with Crippen molar-refractivity contribution in [3.05, 3.63) is 47.8 Å². The SMILES string of the molecule is CC(C=Cc1ccc[nH+]c1)=CC(=O)O.[Cl-]. The lowest BCUT2D eigenvalue weighted by atomic mass is 10.2. The van der Waals surface area contributed by atoms with E-state index in [0.717, 1.165) is 5.56 Å². The second-order valence-electron chi connectivity index (χ2n) is 2.90. The van der Waals surface area contributed by atoms with Crippen molar-refractivity contribution in [3.63, 3.8) is 0 Å². The molecule has 0 unspecified atom stereocenters. The zero-order valence-corrected chi connectivity index (χ0v) is 9.03. The van der Waals surface area contributed by atoms with Crippen LogP contribution in [-0.4, -0.2) is 11.1 Å². The Morgan fingerprint density at radius 2 is 2.27 bits per heavy atom. The van der Waals surface area contributed by atoms with E-state index in [4.69, 9.17) is 5.11 Å². The number of carboxylic acid groups (broad SMARTS) is 1. The molecule has 1 rings (SSSR count). The lowest BCUT2D eigenvalue weighted by Gasteiger charge is -1.89. The van der Waals surface area contributed by atoms with Gasteiger partial charge in [0.05, 0.1) is 0 Å². The monoisotopic (exact) mass is 225 g/mol. The van der Waals surface area contributed by atoms with Crippen LogP contribution in [0.3, 0.4) is 0 Å². The van der Waals surface area contributed by atoms with Crippen molar-refractivity contribution in [2.75, 3.05) is 0 Å². The van der Waals surface area contributed by atoms with Crippen LogP contribution < -0.4 is 17.4 Å². The van der Waals surface area contributed by atoms with Crippen molar-refractivity contribution in [1.29, 1.82) is 0 Å². The summed E-state index contributed by atoms with van der Waals surface area (Å²) in [5, 5.41) is 8.46. The van der Waals surface area contributed by atoms with E-state index in [9.17, 15) is 4.79 Å². The van der Waals surface area contributed by atoms with Crippen LogP contribution >= 0.6 is 0 Å². The first-order chi connectivity index (χ1) is 6.68. The van der Waals surface area contributed by atoms with E-state index in [2.05, 4.69) is 4.98 Å². The van der Waals surface area contributed by atoms with Crippen molar-refractivity contribution in [2.45, 2.75) is 6.92 Å². The summed E-state index contributed by atoms with van der Waals surface area (Å²) in [5.41, 5.74) is 1.71. The van der Waals surface area contributed by atoms with Crippen LogP contribution in [0.2, 0.25) is 0 Å². The molecule has 0 aliphatic heterocycles. The van der Waals surface area contributed by atoms with Crippen LogP contribution in [0, 0.1) is 0 Å². The summed E-state index contributed by atoms with van der Waals surface area (Å²) in [6.45, 7) is 1.75. The van der Waals surface area contributed by atoms with E-state index >= 15 is 0 Å². The third-order valence-electron chi connectivity index (χ3n) is 1.62. The Balaban J connectivity index is 0.00000196. The molecule has 0 amide bonds. The van der Waals surface area contributed by atoms with E-state index in [1.54, 1.807) is 13.0 Å². The van der Waals surface area contributed by atoms with Crippen LogP contribution in [0.4, 0.5) is 0 Å². The third kappa shape index (κ3) is 5.65. The number of aliphatic carboxylic acids is 1. The highest BCUT2D eigenvalue weighted by molar-refractivity contribution is 5.81. The number of aromatic nitrogens is 1. The first kappa shape index (κ1) is 13.4. The fourth-order valence-electron chi connectivity index (χ4n) is 0.981. The van der Waals surface area contributed by atoms with E-state index < -0.39 is 5.97 Å². The Hall–Kier alpha value is -1.61. The van der Waals surface area contributed by atoms with Gasteiger partial charge in [0, 0.05) is 17.7 Å². The Labute approximate surface area is 94.6 Å². The average molecular weight is 226 g/mol. The molecule has 0 aliphatic carbocycles. The fraction of sp³-hybridized carbons (Fsp3) is 0.0909. The molecule has 1 heterocycles. The van der Waals surface area contributed by atoms with Crippen LogP contribution in [0.1, 0.15) is 12.5 Å². The highest BCUT2D eigenvalue weighted by atomic mass is 35.5. The van der Waals surface area contributed by atoms with Gasteiger partial charge in [-0.25, -0.2) is 9.78 Å². The minimum absolute atomic E-state index is 0. The molecule has 0 fully saturated rings. The predicted octanol–water partition coefficient (Wildman–Crippen LogP) is -1.45. The van der Waals surface area contributed by atoms with E-state index in [1.807, 2.05) is 30.6 Å². The number of H-pyrrole nitrogens is 1. The maximum atomic E-state index is 10.3. The first-order valence-corrected chi connectivity index (χ1v) is 4.24. The molecule has 0 aromatic carbocycles. The number of allylic oxidation sites excluding steroid dienone is 2. The normalized spacial score (nSPS) is 11.1. The Kier molecular flexibility index (Phi) is 6.06. The maximum absolute atomic E-state index is 10.3. The smallest absolute Gasteiger partial charge is 0.328 e. The molecule has 80 valence electrons. The number of aromatic amines is 1. The summed E-state index contributed by atoms with van der Waals surface area (Å²) < 4.78 is 0. The summed E-state index contributed by atoms with van der Waals surface area (Å²) in [6.07, 6.45) is 8.44. The van der Waals surface area contributed by atoms with Crippen LogP contribution in [-0.2, 0) is 4.79 Å². The molecule has 3 nitrogen and oxygen atoms in total. The van der Waals surface area contributed by atoms with Crippen molar-refractivity contribution in [1.82, 2.24) is 0 Å². The van der Waals surface area contributed by atoms with Crippen molar-refractivity contribution in [2.24, 2.45) is 0 Å². The highest BCUT2D eigenvalue weighted by Crippen LogP contribution is 2.01. The zero-order chi connectivity index (χ0) is 10.4. The van der Waals surface area contributed by atoms with Gasteiger partial charge in [0.2, 0.25) is 0 Å². The molecule has 0 radical (unpaired) electrons. The second kappa shape index (κ2) is 6.79. The van der Waals surface area contributed by atoms with E-state index in [-0.39, 0.29) is 12.4 Å². The quantitative estimate of drug-likeness (QED) is 0.506. The van der Waals surface area contributed by atoms with Crippen LogP contribution in [0.25, 0.3) is 6.08 Å². The zero-order valence-electron chi connectivity index (χ0n) is 8.27. The molecular weight excluding hydrogens is 214 g/mol. The third-order valence-corrected chi connectivity index (χ3v) is 1.62. The van der Waals surface area contributed by atoms with Gasteiger partial charge in [-0.3, -0.25) is 0 Å². The second-order valence-corrected chi connectivity index (χ2v) is 2.90. The molecule has 0 aliphatic rings. The molecule has 1 aromatic rings. The van der Waals surface area contributed by atoms with Gasteiger partial charge in [0.15, 0.2) is 12.4 Å². The Bertz CT molecular complexity index is 371. The largest absolute Gasteiger partial charge is 1.00 e. The van der Waals surface area contributed by atoms with Gasteiger partial charge >= 0.3 is 5.97 Å². The minimum Gasteiger partial charge on any atom is -1.00 e. The highest BCUT2D eigenvalue weighted by Gasteiger charge is 1.91. The van der Waals surface area contributed by atoms with Gasteiger partial charge in [-0.1, -0.05) is 6.08 Å². The van der Waals surface area contributed by atoms with Gasteiger partial charge < -0.3 is 17.5 Å². The summed E-state index contributed by atoms with van der Waals surface area (Å²) in [5.74, 6) is -0.924. The summed E-state index contributed by atoms with van der Waals surface area (Å²) >= 11 is 0. The number of rotatable bonds is 3. The molecule has 0 spiro atoms. The molecule has 0 bridgehead atoms. The molecular formula is C11H12ClNO2. The number of hydrogen-bond donors (Lipinski definition) is 1. The number of carboxylic acids is 1.